The molecule has 4 aliphatic heterocycles. The molecule has 0 aromatic carbocycles. The third-order valence-corrected chi connectivity index (χ3v) is 20.2. The lowest BCUT2D eigenvalue weighted by molar-refractivity contribution is -0.377. The van der Waals surface area contributed by atoms with Crippen LogP contribution in [0.25, 0.3) is 0 Å². The van der Waals surface area contributed by atoms with E-state index < -0.39 is 141 Å². The van der Waals surface area contributed by atoms with Gasteiger partial charge in [-0.25, -0.2) is 0 Å². The van der Waals surface area contributed by atoms with E-state index in [1.165, 1.54) is 0 Å². The molecule has 0 bridgehead atoms. The molecule has 4 saturated heterocycles. The first-order valence-corrected chi connectivity index (χ1v) is 24.9. The summed E-state index contributed by atoms with van der Waals surface area (Å²) in [6.45, 7) is 11.0. The van der Waals surface area contributed by atoms with E-state index in [2.05, 4.69) is 34.6 Å². The molecule has 0 aromatic rings. The highest BCUT2D eigenvalue weighted by atomic mass is 16.8. The Labute approximate surface area is 397 Å². The number of Topliss-reactive ketones (excluding diaryl/α,β-unsaturated/α-hetero) is 1. The molecule has 4 heterocycles. The Hall–Kier alpha value is -1.09. The number of ketones is 1. The quantitative estimate of drug-likeness (QED) is 0.0945. The van der Waals surface area contributed by atoms with Gasteiger partial charge in [-0.1, -0.05) is 34.6 Å². The summed E-state index contributed by atoms with van der Waals surface area (Å²) >= 11 is 0. The van der Waals surface area contributed by atoms with Gasteiger partial charge in [-0.15, -0.1) is 0 Å². The zero-order valence-corrected chi connectivity index (χ0v) is 40.3. The lowest BCUT2D eigenvalue weighted by Gasteiger charge is -2.63. The van der Waals surface area contributed by atoms with E-state index in [9.17, 15) is 61.0 Å². The molecule has 11 N–H and O–H groups in total. The number of ether oxygens (including phenoxy) is 8. The fraction of sp³-hybridized carbons (Fsp3) is 0.979. The van der Waals surface area contributed by atoms with Crippen molar-refractivity contribution in [2.24, 2.45) is 50.7 Å². The maximum atomic E-state index is 13.8. The lowest BCUT2D eigenvalue weighted by Crippen LogP contribution is -2.65. The molecule has 2 spiro atoms. The molecule has 9 rings (SSSR count). The Morgan fingerprint density at radius 1 is 0.618 bits per heavy atom. The summed E-state index contributed by atoms with van der Waals surface area (Å²) in [4.78, 5) is 13.8. The minimum atomic E-state index is -1.77. The molecule has 4 unspecified atom stereocenters. The minimum absolute atomic E-state index is 0.0138. The second-order valence-corrected chi connectivity index (χ2v) is 23.3. The molecule has 9 aliphatic rings. The van der Waals surface area contributed by atoms with E-state index >= 15 is 0 Å². The van der Waals surface area contributed by atoms with Crippen LogP contribution in [0.2, 0.25) is 0 Å². The van der Waals surface area contributed by atoms with Gasteiger partial charge < -0.3 is 94.1 Å². The zero-order valence-electron chi connectivity index (χ0n) is 40.3. The summed E-state index contributed by atoms with van der Waals surface area (Å²) in [7, 11) is 1.70. The summed E-state index contributed by atoms with van der Waals surface area (Å²) in [6, 6.07) is 0. The fourth-order valence-corrected chi connectivity index (χ4v) is 16.5. The van der Waals surface area contributed by atoms with Crippen molar-refractivity contribution < 1.29 is 98.9 Å². The van der Waals surface area contributed by atoms with Crippen molar-refractivity contribution in [3.8, 4) is 0 Å². The van der Waals surface area contributed by atoms with Gasteiger partial charge in [-0.2, -0.15) is 0 Å². The Kier molecular flexibility index (Phi) is 13.8. The second kappa shape index (κ2) is 18.1. The van der Waals surface area contributed by atoms with E-state index in [0.717, 1.165) is 38.5 Å². The summed E-state index contributed by atoms with van der Waals surface area (Å²) in [5, 5.41) is 114. The smallest absolute Gasteiger partial charge is 0.187 e. The SMILES string of the molecule is CO[C@]12C[C@@]3(C)C4CCC5C(C)(C)[C@@H](O[C@@H]6O[C@H](CO)[C@@H](O)[C@H](O)[C@H]6O[C@@H]6O[C@H](CO)[C@@H](O)[C@H](O)[C@H]6O)CC[C@@]56C[C@@]46CC[C@]3(C)C1[C@H](C)[C@H](CC(=O)C(C)O[C@@H]1O[C@H](CO)[C@@H](O)[C@@H](O)[C@H]1O)O2. The van der Waals surface area contributed by atoms with Crippen LogP contribution in [0.15, 0.2) is 0 Å². The first kappa shape index (κ1) is 51.8. The molecule has 9 fully saturated rings. The Balaban J connectivity index is 0.892. The fourth-order valence-electron chi connectivity index (χ4n) is 16.5. The largest absolute Gasteiger partial charge is 0.394 e. The monoisotopic (exact) mass is 975 g/mol. The molecule has 20 heteroatoms. The number of fused-ring (bicyclic) bond motifs is 4. The third-order valence-electron chi connectivity index (χ3n) is 20.2. The highest BCUT2D eigenvalue weighted by Crippen LogP contribution is 2.90. The summed E-state index contributed by atoms with van der Waals surface area (Å²) in [5.41, 5.74) is -0.648. The van der Waals surface area contributed by atoms with Gasteiger partial charge in [-0.05, 0) is 96.7 Å². The number of aliphatic hydroxyl groups excluding tert-OH is 11. The molecule has 20 nitrogen and oxygen atoms in total. The van der Waals surface area contributed by atoms with E-state index in [-0.39, 0.29) is 51.6 Å². The van der Waals surface area contributed by atoms with Gasteiger partial charge in [0.2, 0.25) is 0 Å². The molecule has 68 heavy (non-hydrogen) atoms. The van der Waals surface area contributed by atoms with Crippen molar-refractivity contribution in [1.29, 1.82) is 0 Å². The molecule has 5 saturated carbocycles. The van der Waals surface area contributed by atoms with Gasteiger partial charge in [0.1, 0.15) is 79.4 Å². The van der Waals surface area contributed by atoms with Crippen LogP contribution in [0.1, 0.15) is 99.3 Å². The van der Waals surface area contributed by atoms with Crippen LogP contribution < -0.4 is 0 Å². The highest BCUT2D eigenvalue weighted by Gasteiger charge is 2.85. The Morgan fingerprint density at radius 3 is 1.76 bits per heavy atom. The van der Waals surface area contributed by atoms with Gasteiger partial charge in [0.05, 0.1) is 32.0 Å². The third kappa shape index (κ3) is 7.43. The second-order valence-electron chi connectivity index (χ2n) is 23.3. The Bertz CT molecular complexity index is 1840. The van der Waals surface area contributed by atoms with Crippen LogP contribution in [-0.4, -0.2) is 205 Å². The standard InChI is InChI=1S/C48H78O20/c1-20-23(14-22(52)21(2)62-40-36(59)33(56)30(53)24(15-49)63-40)68-48(61-7)18-45(6)28-9-8-27-43(3,4)29(10-11-46(27)19-47(28,46)13-12-44(45,5)39(20)48)66-42-38(35(58)32(55)26(17-51)65-42)67-41-37(60)34(57)31(54)25(16-50)64-41/h20-21,23-42,49-51,53-60H,8-19H2,1-7H3/t20-,21?,23+,24-,25-,26-,27?,28?,29+,30-,31-,32-,33-,34+,35+,36-,37-,38-,39?,40-,41+,42+,44-,45+,46-,47+,48+/m1/s1. The van der Waals surface area contributed by atoms with Gasteiger partial charge >= 0.3 is 0 Å². The van der Waals surface area contributed by atoms with Gasteiger partial charge in [0, 0.05) is 25.9 Å². The number of hydrogen-bond acceptors (Lipinski definition) is 20. The molecule has 0 aromatic heterocycles. The van der Waals surface area contributed by atoms with Gasteiger partial charge in [0.15, 0.2) is 30.4 Å². The molecular weight excluding hydrogens is 897 g/mol. The summed E-state index contributed by atoms with van der Waals surface area (Å²) in [6.07, 6.45) is -17.5. The van der Waals surface area contributed by atoms with E-state index in [1.807, 2.05) is 0 Å². The topological polar surface area (TPSA) is 313 Å². The summed E-state index contributed by atoms with van der Waals surface area (Å²) < 4.78 is 49.3. The first-order valence-electron chi connectivity index (χ1n) is 24.9. The minimum Gasteiger partial charge on any atom is -0.394 e. The number of hydrogen-bond donors (Lipinski definition) is 11. The molecular formula is C48H78O20. The average molecular weight is 975 g/mol. The predicted octanol–water partition coefficient (Wildman–Crippen LogP) is -1.41. The molecule has 27 atom stereocenters. The van der Waals surface area contributed by atoms with Crippen LogP contribution in [-0.2, 0) is 42.7 Å². The normalized spacial score (nSPS) is 56.4. The van der Waals surface area contributed by atoms with Crippen LogP contribution in [0.4, 0.5) is 0 Å². The lowest BCUT2D eigenvalue weighted by atomic mass is 9.41. The van der Waals surface area contributed by atoms with Crippen LogP contribution in [0.5, 0.6) is 0 Å². The van der Waals surface area contributed by atoms with E-state index in [1.54, 1.807) is 14.0 Å². The number of rotatable bonds is 13. The molecule has 0 radical (unpaired) electrons. The van der Waals surface area contributed by atoms with Crippen LogP contribution >= 0.6 is 0 Å². The van der Waals surface area contributed by atoms with Crippen molar-refractivity contribution in [2.75, 3.05) is 26.9 Å². The van der Waals surface area contributed by atoms with Gasteiger partial charge in [-0.3, -0.25) is 4.79 Å². The van der Waals surface area contributed by atoms with Crippen molar-refractivity contribution in [3.05, 3.63) is 0 Å². The maximum absolute atomic E-state index is 13.8. The highest BCUT2D eigenvalue weighted by molar-refractivity contribution is 5.83. The number of aliphatic hydroxyl groups is 11. The first-order chi connectivity index (χ1) is 32.0. The van der Waals surface area contributed by atoms with Crippen molar-refractivity contribution in [2.45, 2.75) is 216 Å². The zero-order chi connectivity index (χ0) is 49.4. The number of carbonyl (C=O) groups is 1. The van der Waals surface area contributed by atoms with E-state index in [4.69, 9.17) is 37.9 Å². The van der Waals surface area contributed by atoms with Crippen LogP contribution in [0.3, 0.4) is 0 Å². The van der Waals surface area contributed by atoms with Crippen molar-refractivity contribution in [3.63, 3.8) is 0 Å². The molecule has 5 aliphatic carbocycles. The van der Waals surface area contributed by atoms with Crippen LogP contribution in [0, 0.1) is 50.7 Å². The predicted molar refractivity (Wildman–Crippen MR) is 231 cm³/mol. The van der Waals surface area contributed by atoms with Gasteiger partial charge in [0.25, 0.3) is 0 Å². The van der Waals surface area contributed by atoms with Crippen molar-refractivity contribution in [1.82, 2.24) is 0 Å². The van der Waals surface area contributed by atoms with Crippen molar-refractivity contribution >= 4 is 5.78 Å². The maximum Gasteiger partial charge on any atom is 0.187 e. The molecule has 0 amide bonds. The molecule has 390 valence electrons. The number of carbonyl (C=O) groups excluding carboxylic acids is 1. The van der Waals surface area contributed by atoms with E-state index in [0.29, 0.717) is 18.8 Å². The summed E-state index contributed by atoms with van der Waals surface area (Å²) in [5.74, 6) is -0.654. The Morgan fingerprint density at radius 2 is 1.16 bits per heavy atom. The average Bonchev–Trinajstić information content (AvgIpc) is 3.83. The number of methoxy groups -OCH3 is 1.